The van der Waals surface area contributed by atoms with Gasteiger partial charge >= 0.3 is 0 Å². The molecule has 0 bridgehead atoms. The Balaban J connectivity index is 0.00000210. The lowest BCUT2D eigenvalue weighted by molar-refractivity contribution is -0.0792. The molecule has 0 atom stereocenters. The molecule has 5 nitrogen and oxygen atoms in total. The molecule has 1 saturated heterocycles. The number of piperidine rings is 1. The molecule has 0 aliphatic carbocycles. The maximum Gasteiger partial charge on any atom is 0.261 e. The summed E-state index contributed by atoms with van der Waals surface area (Å²) in [5.74, 6) is 0.764. The second kappa shape index (κ2) is 8.61. The first kappa shape index (κ1) is 20.1. The van der Waals surface area contributed by atoms with Crippen molar-refractivity contribution >= 4 is 29.7 Å². The van der Waals surface area contributed by atoms with Gasteiger partial charge in [0.05, 0.1) is 24.2 Å². The summed E-state index contributed by atoms with van der Waals surface area (Å²) >= 11 is 1.61. The van der Waals surface area contributed by atoms with Gasteiger partial charge in [-0.2, -0.15) is 0 Å². The molecule has 2 aliphatic heterocycles. The Hall–Kier alpha value is -1.60. The molecule has 3 heterocycles. The number of benzene rings is 1. The van der Waals surface area contributed by atoms with Gasteiger partial charge in [0.1, 0.15) is 5.75 Å². The van der Waals surface area contributed by atoms with Crippen LogP contribution in [0.15, 0.2) is 30.3 Å². The molecule has 1 spiro atoms. The molecule has 7 heteroatoms. The van der Waals surface area contributed by atoms with E-state index in [0.717, 1.165) is 55.1 Å². The van der Waals surface area contributed by atoms with Gasteiger partial charge in [-0.15, -0.1) is 23.7 Å². The zero-order valence-corrected chi connectivity index (χ0v) is 17.0. The first-order chi connectivity index (χ1) is 12.7. The number of carbonyl (C=O) groups excluding carboxylic acids is 1. The lowest BCUT2D eigenvalue weighted by atomic mass is 9.83. The lowest BCUT2D eigenvalue weighted by Crippen LogP contribution is -2.44. The third-order valence-corrected chi connectivity index (χ3v) is 6.47. The van der Waals surface area contributed by atoms with Crippen LogP contribution in [0.25, 0.3) is 0 Å². The van der Waals surface area contributed by atoms with Crippen molar-refractivity contribution in [1.82, 2.24) is 10.6 Å². The highest BCUT2D eigenvalue weighted by Gasteiger charge is 2.40. The smallest absolute Gasteiger partial charge is 0.261 e. The fraction of sp³-hybridized carbons (Fsp3) is 0.450. The average Bonchev–Trinajstić information content (AvgIpc) is 3.13. The lowest BCUT2D eigenvalue weighted by Gasteiger charge is -2.40. The number of carbonyl (C=O) groups is 1. The van der Waals surface area contributed by atoms with E-state index in [9.17, 15) is 4.79 Å². The van der Waals surface area contributed by atoms with Crippen LogP contribution in [0, 0.1) is 0 Å². The summed E-state index contributed by atoms with van der Waals surface area (Å²) in [6.07, 6.45) is 2.84. The molecule has 2 aliphatic rings. The van der Waals surface area contributed by atoms with Crippen molar-refractivity contribution < 1.29 is 14.3 Å². The van der Waals surface area contributed by atoms with Crippen LogP contribution in [-0.2, 0) is 23.3 Å². The van der Waals surface area contributed by atoms with Crippen LogP contribution in [0.4, 0.5) is 0 Å². The minimum Gasteiger partial charge on any atom is -0.496 e. The van der Waals surface area contributed by atoms with E-state index in [1.165, 1.54) is 10.4 Å². The molecule has 1 fully saturated rings. The van der Waals surface area contributed by atoms with Gasteiger partial charge in [0.15, 0.2) is 0 Å². The zero-order chi connectivity index (χ0) is 18.0. The van der Waals surface area contributed by atoms with Crippen molar-refractivity contribution in [2.24, 2.45) is 0 Å². The summed E-state index contributed by atoms with van der Waals surface area (Å²) in [7, 11) is 1.65. The molecule has 27 heavy (non-hydrogen) atoms. The van der Waals surface area contributed by atoms with Gasteiger partial charge in [-0.05, 0) is 43.6 Å². The number of rotatable bonds is 4. The van der Waals surface area contributed by atoms with E-state index in [0.29, 0.717) is 6.54 Å². The van der Waals surface area contributed by atoms with E-state index in [2.05, 4.69) is 16.7 Å². The number of para-hydroxylation sites is 1. The summed E-state index contributed by atoms with van der Waals surface area (Å²) in [5.41, 5.74) is 2.01. The SMILES string of the molecule is COc1ccccc1CNC(=O)c1cc2c(s1)CCOC21CCNCC1.Cl. The van der Waals surface area contributed by atoms with Crippen molar-refractivity contribution in [2.45, 2.75) is 31.4 Å². The highest BCUT2D eigenvalue weighted by Crippen LogP contribution is 2.43. The Morgan fingerprint density at radius 1 is 1.33 bits per heavy atom. The van der Waals surface area contributed by atoms with Gasteiger partial charge in [-0.25, -0.2) is 0 Å². The third-order valence-electron chi connectivity index (χ3n) is 5.27. The Bertz CT molecular complexity index is 802. The van der Waals surface area contributed by atoms with E-state index in [1.54, 1.807) is 18.4 Å². The van der Waals surface area contributed by atoms with E-state index < -0.39 is 0 Å². The molecule has 146 valence electrons. The second-order valence-electron chi connectivity index (χ2n) is 6.78. The molecule has 1 amide bonds. The highest BCUT2D eigenvalue weighted by atomic mass is 35.5. The van der Waals surface area contributed by atoms with Crippen molar-refractivity contribution in [3.63, 3.8) is 0 Å². The Morgan fingerprint density at radius 2 is 2.11 bits per heavy atom. The summed E-state index contributed by atoms with van der Waals surface area (Å²) in [4.78, 5) is 14.8. The quantitative estimate of drug-likeness (QED) is 0.815. The molecule has 0 saturated carbocycles. The fourth-order valence-electron chi connectivity index (χ4n) is 3.88. The number of amides is 1. The largest absolute Gasteiger partial charge is 0.496 e. The van der Waals surface area contributed by atoms with Crippen LogP contribution in [0.2, 0.25) is 0 Å². The fourth-order valence-corrected chi connectivity index (χ4v) is 5.03. The highest BCUT2D eigenvalue weighted by molar-refractivity contribution is 7.14. The average molecular weight is 409 g/mol. The second-order valence-corrected chi connectivity index (χ2v) is 7.92. The molecule has 2 aromatic rings. The molecule has 4 rings (SSSR count). The Labute approximate surface area is 169 Å². The minimum atomic E-state index is -0.198. The predicted molar refractivity (Wildman–Crippen MR) is 109 cm³/mol. The molecular weight excluding hydrogens is 384 g/mol. The van der Waals surface area contributed by atoms with Gasteiger partial charge in [-0.3, -0.25) is 4.79 Å². The normalized spacial score (nSPS) is 17.7. The van der Waals surface area contributed by atoms with Crippen LogP contribution >= 0.6 is 23.7 Å². The number of ether oxygens (including phenoxy) is 2. The van der Waals surface area contributed by atoms with Crippen molar-refractivity contribution in [3.05, 3.63) is 51.2 Å². The number of halogens is 1. The first-order valence-electron chi connectivity index (χ1n) is 9.10. The van der Waals surface area contributed by atoms with Gasteiger partial charge in [0.2, 0.25) is 0 Å². The summed E-state index contributed by atoms with van der Waals surface area (Å²) in [5, 5.41) is 6.43. The van der Waals surface area contributed by atoms with Crippen molar-refractivity contribution in [3.8, 4) is 5.75 Å². The van der Waals surface area contributed by atoms with E-state index in [1.807, 2.05) is 24.3 Å². The number of nitrogens with one attached hydrogen (secondary N) is 2. The van der Waals surface area contributed by atoms with E-state index >= 15 is 0 Å². The van der Waals surface area contributed by atoms with Crippen molar-refractivity contribution in [2.75, 3.05) is 26.8 Å². The molecule has 2 N–H and O–H groups in total. The molecule has 0 unspecified atom stereocenters. The summed E-state index contributed by atoms with van der Waals surface area (Å²) in [6.45, 7) is 3.13. The number of fused-ring (bicyclic) bond motifs is 2. The van der Waals surface area contributed by atoms with Crippen LogP contribution in [0.3, 0.4) is 0 Å². The Morgan fingerprint density at radius 3 is 2.89 bits per heavy atom. The molecule has 0 radical (unpaired) electrons. The molecular formula is C20H25ClN2O3S. The topological polar surface area (TPSA) is 59.6 Å². The van der Waals surface area contributed by atoms with Crippen LogP contribution in [-0.4, -0.2) is 32.7 Å². The van der Waals surface area contributed by atoms with Crippen LogP contribution in [0.5, 0.6) is 5.75 Å². The van der Waals surface area contributed by atoms with Gasteiger partial charge in [-0.1, -0.05) is 18.2 Å². The first-order valence-corrected chi connectivity index (χ1v) is 9.91. The van der Waals surface area contributed by atoms with Crippen LogP contribution in [0.1, 0.15) is 38.5 Å². The standard InChI is InChI=1S/C20H24N2O3S.ClH/c1-24-16-5-3-2-4-14(16)13-22-19(23)18-12-15-17(26-18)6-11-25-20(15)7-9-21-10-8-20;/h2-5,12,21H,6-11,13H2,1H3,(H,22,23);1H. The van der Waals surface area contributed by atoms with E-state index in [4.69, 9.17) is 9.47 Å². The van der Waals surface area contributed by atoms with Gasteiger partial charge in [0, 0.05) is 23.4 Å². The minimum absolute atomic E-state index is 0. The summed E-state index contributed by atoms with van der Waals surface area (Å²) < 4.78 is 11.6. The third kappa shape index (κ3) is 3.99. The van der Waals surface area contributed by atoms with Crippen LogP contribution < -0.4 is 15.4 Å². The van der Waals surface area contributed by atoms with E-state index in [-0.39, 0.29) is 23.9 Å². The van der Waals surface area contributed by atoms with Gasteiger partial charge < -0.3 is 20.1 Å². The number of hydrogen-bond donors (Lipinski definition) is 2. The monoisotopic (exact) mass is 408 g/mol. The zero-order valence-electron chi connectivity index (χ0n) is 15.4. The van der Waals surface area contributed by atoms with Crippen molar-refractivity contribution in [1.29, 1.82) is 0 Å². The number of methoxy groups -OCH3 is 1. The molecule has 1 aromatic heterocycles. The maximum atomic E-state index is 12.7. The molecule has 1 aromatic carbocycles. The number of hydrogen-bond acceptors (Lipinski definition) is 5. The number of thiophene rings is 1. The van der Waals surface area contributed by atoms with Gasteiger partial charge in [0.25, 0.3) is 5.91 Å². The Kier molecular flexibility index (Phi) is 6.42. The predicted octanol–water partition coefficient (Wildman–Crippen LogP) is 3.26. The summed E-state index contributed by atoms with van der Waals surface area (Å²) in [6, 6.07) is 9.81. The maximum absolute atomic E-state index is 12.7.